The molecular formula is C22H40N2O4+2. The van der Waals surface area contributed by atoms with Gasteiger partial charge in [0.05, 0.1) is 22.2 Å². The molecule has 2 aliphatic heterocycles. The third kappa shape index (κ3) is 7.21. The van der Waals surface area contributed by atoms with Crippen molar-refractivity contribution in [2.75, 3.05) is 0 Å². The third-order valence-electron chi connectivity index (χ3n) is 5.50. The number of ether oxygens (including phenoxy) is 2. The maximum Gasteiger partial charge on any atom is 0.331 e. The predicted molar refractivity (Wildman–Crippen MR) is 108 cm³/mol. The number of esters is 2. The molecule has 6 nitrogen and oxygen atoms in total. The van der Waals surface area contributed by atoms with Crippen molar-refractivity contribution >= 4 is 11.9 Å². The smallest absolute Gasteiger partial charge is 0.331 e. The van der Waals surface area contributed by atoms with Crippen molar-refractivity contribution in [3.05, 3.63) is 12.2 Å². The summed E-state index contributed by atoms with van der Waals surface area (Å²) >= 11 is 0. The first-order valence-corrected chi connectivity index (χ1v) is 10.4. The molecule has 2 heterocycles. The predicted octanol–water partition coefficient (Wildman–Crippen LogP) is 1.20. The lowest BCUT2D eigenvalue weighted by Gasteiger charge is -2.42. The number of hydrogen-bond acceptors (Lipinski definition) is 4. The lowest BCUT2D eigenvalue weighted by atomic mass is 9.81. The zero-order chi connectivity index (χ0) is 21.4. The van der Waals surface area contributed by atoms with Gasteiger partial charge in [-0.05, 0) is 55.4 Å². The van der Waals surface area contributed by atoms with Crippen molar-refractivity contribution in [3.8, 4) is 0 Å². The van der Waals surface area contributed by atoms with Crippen LogP contribution in [0.5, 0.6) is 0 Å². The van der Waals surface area contributed by atoms with E-state index in [9.17, 15) is 9.59 Å². The highest BCUT2D eigenvalue weighted by molar-refractivity contribution is 5.91. The standard InChI is InChI=1S/C22H38N2O4/c1-19(2)11-15(12-20(3,4)23-19)27-17(25)9-10-18(26)28-16-13-21(5,6)24-22(7,8)14-16/h9-10,15-16,23-24H,11-14H2,1-8H3/p+2. The summed E-state index contributed by atoms with van der Waals surface area (Å²) in [4.78, 5) is 24.4. The van der Waals surface area contributed by atoms with Gasteiger partial charge < -0.3 is 20.1 Å². The first-order valence-electron chi connectivity index (χ1n) is 10.4. The van der Waals surface area contributed by atoms with Gasteiger partial charge in [0.25, 0.3) is 0 Å². The first-order chi connectivity index (χ1) is 12.6. The molecule has 160 valence electrons. The SMILES string of the molecule is CC1(C)CC(OC(=O)C=CC(=O)OC2CC(C)(C)[NH2+]C(C)(C)C2)CC(C)(C)[NH2+]1. The minimum absolute atomic E-state index is 0.0208. The van der Waals surface area contributed by atoms with Crippen molar-refractivity contribution in [1.29, 1.82) is 0 Å². The molecule has 0 radical (unpaired) electrons. The van der Waals surface area contributed by atoms with E-state index in [0.29, 0.717) is 0 Å². The van der Waals surface area contributed by atoms with Gasteiger partial charge in [0.2, 0.25) is 0 Å². The molecule has 0 aromatic carbocycles. The molecule has 2 fully saturated rings. The summed E-state index contributed by atoms with van der Waals surface area (Å²) in [6.45, 7) is 17.3. The summed E-state index contributed by atoms with van der Waals surface area (Å²) < 4.78 is 11.2. The Morgan fingerprint density at radius 2 is 0.893 bits per heavy atom. The number of carbonyl (C=O) groups is 2. The minimum Gasteiger partial charge on any atom is -0.459 e. The van der Waals surface area contributed by atoms with Crippen molar-refractivity contribution in [1.82, 2.24) is 0 Å². The molecule has 0 amide bonds. The Labute approximate surface area is 169 Å². The summed E-state index contributed by atoms with van der Waals surface area (Å²) in [6.07, 6.45) is 5.30. The maximum atomic E-state index is 12.2. The van der Waals surface area contributed by atoms with E-state index in [1.54, 1.807) is 0 Å². The van der Waals surface area contributed by atoms with Gasteiger partial charge in [-0.3, -0.25) is 0 Å². The van der Waals surface area contributed by atoms with E-state index in [0.717, 1.165) is 25.7 Å². The number of carbonyl (C=O) groups excluding carboxylic acids is 2. The number of rotatable bonds is 4. The monoisotopic (exact) mass is 396 g/mol. The molecule has 0 spiro atoms. The van der Waals surface area contributed by atoms with Crippen LogP contribution in [0.1, 0.15) is 81.1 Å². The van der Waals surface area contributed by atoms with Gasteiger partial charge in [-0.2, -0.15) is 0 Å². The van der Waals surface area contributed by atoms with Crippen molar-refractivity contribution in [2.24, 2.45) is 0 Å². The minimum atomic E-state index is -0.479. The summed E-state index contributed by atoms with van der Waals surface area (Å²) in [5.74, 6) is -0.957. The zero-order valence-corrected chi connectivity index (χ0v) is 18.9. The molecule has 6 heteroatoms. The fraction of sp³-hybridized carbons (Fsp3) is 0.818. The Hall–Kier alpha value is -1.40. The molecule has 0 aromatic rings. The number of hydrogen-bond donors (Lipinski definition) is 2. The molecule has 0 bridgehead atoms. The largest absolute Gasteiger partial charge is 0.459 e. The van der Waals surface area contributed by atoms with Crippen molar-refractivity contribution in [2.45, 2.75) is 115 Å². The Morgan fingerprint density at radius 3 is 1.14 bits per heavy atom. The molecule has 2 aliphatic rings. The van der Waals surface area contributed by atoms with Crippen LogP contribution < -0.4 is 10.6 Å². The van der Waals surface area contributed by atoms with Gasteiger partial charge >= 0.3 is 11.9 Å². The first kappa shape index (κ1) is 22.9. The number of piperidine rings is 2. The van der Waals surface area contributed by atoms with Crippen LogP contribution in [0.4, 0.5) is 0 Å². The number of nitrogens with two attached hydrogens (primary N) is 2. The molecule has 28 heavy (non-hydrogen) atoms. The van der Waals surface area contributed by atoms with Crippen LogP contribution in [0, 0.1) is 0 Å². The van der Waals surface area contributed by atoms with E-state index < -0.39 is 11.9 Å². The highest BCUT2D eigenvalue weighted by atomic mass is 16.5. The topological polar surface area (TPSA) is 85.8 Å². The summed E-state index contributed by atoms with van der Waals surface area (Å²) in [5.41, 5.74) is 0.0831. The normalized spacial score (nSPS) is 26.7. The molecule has 0 unspecified atom stereocenters. The van der Waals surface area contributed by atoms with Gasteiger partial charge in [0.1, 0.15) is 12.2 Å². The van der Waals surface area contributed by atoms with E-state index in [-0.39, 0.29) is 34.4 Å². The van der Waals surface area contributed by atoms with E-state index in [4.69, 9.17) is 9.47 Å². The second-order valence-corrected chi connectivity index (χ2v) is 11.5. The zero-order valence-electron chi connectivity index (χ0n) is 18.9. The number of quaternary nitrogens is 2. The average Bonchev–Trinajstić information content (AvgIpc) is 2.37. The highest BCUT2D eigenvalue weighted by Crippen LogP contribution is 2.25. The highest BCUT2D eigenvalue weighted by Gasteiger charge is 2.44. The van der Waals surface area contributed by atoms with Crippen molar-refractivity contribution in [3.63, 3.8) is 0 Å². The molecule has 2 saturated heterocycles. The average molecular weight is 397 g/mol. The van der Waals surface area contributed by atoms with Crippen LogP contribution in [-0.4, -0.2) is 46.3 Å². The fourth-order valence-electron chi connectivity index (χ4n) is 5.55. The van der Waals surface area contributed by atoms with Gasteiger partial charge in [-0.25, -0.2) is 9.59 Å². The Balaban J connectivity index is 1.87. The third-order valence-corrected chi connectivity index (χ3v) is 5.50. The van der Waals surface area contributed by atoms with Gasteiger partial charge in [-0.1, -0.05) is 0 Å². The van der Waals surface area contributed by atoms with Crippen LogP contribution in [0.15, 0.2) is 12.2 Å². The molecule has 2 rings (SSSR count). The van der Waals surface area contributed by atoms with Crippen LogP contribution in [0.25, 0.3) is 0 Å². The summed E-state index contributed by atoms with van der Waals surface area (Å²) in [5, 5.41) is 4.67. The van der Waals surface area contributed by atoms with E-state index >= 15 is 0 Å². The van der Waals surface area contributed by atoms with Crippen molar-refractivity contribution < 1.29 is 29.7 Å². The molecule has 0 aliphatic carbocycles. The van der Waals surface area contributed by atoms with Gasteiger partial charge in [0, 0.05) is 37.8 Å². The Morgan fingerprint density at radius 1 is 0.643 bits per heavy atom. The van der Waals surface area contributed by atoms with Crippen LogP contribution in [0.2, 0.25) is 0 Å². The second-order valence-electron chi connectivity index (χ2n) is 11.5. The molecule has 0 saturated carbocycles. The molecule has 4 N–H and O–H groups in total. The lowest BCUT2D eigenvalue weighted by Crippen LogP contribution is -3.06. The Kier molecular flexibility index (Phi) is 6.37. The van der Waals surface area contributed by atoms with E-state index in [1.165, 1.54) is 12.2 Å². The van der Waals surface area contributed by atoms with E-state index in [2.05, 4.69) is 66.0 Å². The second kappa shape index (κ2) is 7.79. The lowest BCUT2D eigenvalue weighted by molar-refractivity contribution is -0.790. The fourth-order valence-corrected chi connectivity index (χ4v) is 5.55. The van der Waals surface area contributed by atoms with Crippen LogP contribution in [0.3, 0.4) is 0 Å². The summed E-state index contributed by atoms with van der Waals surface area (Å²) in [7, 11) is 0. The maximum absolute atomic E-state index is 12.2. The van der Waals surface area contributed by atoms with Crippen LogP contribution >= 0.6 is 0 Å². The molecule has 0 atom stereocenters. The Bertz CT molecular complexity index is 548. The van der Waals surface area contributed by atoms with Gasteiger partial charge in [0.15, 0.2) is 0 Å². The molecule has 0 aromatic heterocycles. The summed E-state index contributed by atoms with van der Waals surface area (Å²) in [6, 6.07) is 0. The quantitative estimate of drug-likeness (QED) is 0.552. The van der Waals surface area contributed by atoms with Gasteiger partial charge in [-0.15, -0.1) is 0 Å². The van der Waals surface area contributed by atoms with E-state index in [1.807, 2.05) is 0 Å². The van der Waals surface area contributed by atoms with Crippen LogP contribution in [-0.2, 0) is 19.1 Å². The molecular weight excluding hydrogens is 356 g/mol.